The molecule has 4 N–H and O–H groups in total. The molecule has 13 heavy (non-hydrogen) atoms. The van der Waals surface area contributed by atoms with Gasteiger partial charge in [-0.05, 0) is 0 Å². The molecule has 0 radical (unpaired) electrons. The first-order chi connectivity index (χ1) is 5.57. The molecule has 1 rings (SSSR count). The Hall–Kier alpha value is 0.366. The summed E-state index contributed by atoms with van der Waals surface area (Å²) in [5.41, 5.74) is 0. The summed E-state index contributed by atoms with van der Waals surface area (Å²) in [7, 11) is 0. The molecule has 7 heteroatoms. The minimum atomic E-state index is -1.42. The Bertz CT molecular complexity index is 237. The molecule has 2 atom stereocenters. The van der Waals surface area contributed by atoms with E-state index in [9.17, 15) is 4.79 Å². The maximum atomic E-state index is 10.5. The van der Waals surface area contributed by atoms with Gasteiger partial charge in [0.15, 0.2) is 11.9 Å². The van der Waals surface area contributed by atoms with Crippen molar-refractivity contribution in [3.8, 4) is 0 Å². The standard InChI is InChI=1S/C6H8O6.K/c7-1-2(8)5-3(9)4(10)6(11)12-5;/h2,5,7-10H,1H2;/q;+1/t2-,5+;/m0./s1. The fourth-order valence-electron chi connectivity index (χ4n) is 0.823. The number of aliphatic hydroxyl groups is 4. The van der Waals surface area contributed by atoms with Gasteiger partial charge in [-0.15, -0.1) is 0 Å². The number of ether oxygens (including phenoxy) is 1. The van der Waals surface area contributed by atoms with Gasteiger partial charge in [-0.3, -0.25) is 0 Å². The van der Waals surface area contributed by atoms with Crippen LogP contribution in [0, 0.1) is 0 Å². The predicted molar refractivity (Wildman–Crippen MR) is 35.3 cm³/mol. The van der Waals surface area contributed by atoms with Crippen LogP contribution in [0.25, 0.3) is 0 Å². The Morgan fingerprint density at radius 3 is 2.31 bits per heavy atom. The van der Waals surface area contributed by atoms with Gasteiger partial charge < -0.3 is 25.2 Å². The van der Waals surface area contributed by atoms with Crippen LogP contribution >= 0.6 is 0 Å². The summed E-state index contributed by atoms with van der Waals surface area (Å²) in [6, 6.07) is 0. The molecule has 0 unspecified atom stereocenters. The molecular formula is C6H8KO6+. The van der Waals surface area contributed by atoms with Gasteiger partial charge in [-0.25, -0.2) is 4.79 Å². The van der Waals surface area contributed by atoms with Crippen LogP contribution in [0.4, 0.5) is 0 Å². The van der Waals surface area contributed by atoms with Crippen molar-refractivity contribution in [2.45, 2.75) is 12.2 Å². The van der Waals surface area contributed by atoms with Crippen molar-refractivity contribution >= 4 is 5.97 Å². The molecule has 1 aliphatic rings. The van der Waals surface area contributed by atoms with Crippen molar-refractivity contribution in [1.29, 1.82) is 0 Å². The Balaban J connectivity index is 0.00000144. The Kier molecular flexibility index (Phi) is 5.45. The second-order valence-corrected chi connectivity index (χ2v) is 2.31. The number of carbonyl (C=O) groups is 1. The summed E-state index contributed by atoms with van der Waals surface area (Å²) in [6.07, 6.45) is -2.78. The van der Waals surface area contributed by atoms with Crippen LogP contribution in [-0.4, -0.2) is 45.2 Å². The summed E-state index contributed by atoms with van der Waals surface area (Å²) in [5.74, 6) is -2.78. The van der Waals surface area contributed by atoms with E-state index in [0.717, 1.165) is 0 Å². The molecule has 0 fully saturated rings. The van der Waals surface area contributed by atoms with Crippen LogP contribution in [0.3, 0.4) is 0 Å². The molecule has 0 aliphatic carbocycles. The van der Waals surface area contributed by atoms with E-state index >= 15 is 0 Å². The monoisotopic (exact) mass is 215 g/mol. The maximum Gasteiger partial charge on any atom is 1.00 e. The van der Waals surface area contributed by atoms with E-state index in [0.29, 0.717) is 0 Å². The Morgan fingerprint density at radius 2 is 2.00 bits per heavy atom. The smallest absolute Gasteiger partial charge is 0.505 e. The van der Waals surface area contributed by atoms with E-state index in [1.807, 2.05) is 0 Å². The minimum absolute atomic E-state index is 0. The average Bonchev–Trinajstić information content (AvgIpc) is 2.32. The largest absolute Gasteiger partial charge is 1.00 e. The third-order valence-electron chi connectivity index (χ3n) is 1.48. The van der Waals surface area contributed by atoms with E-state index in [1.54, 1.807) is 0 Å². The number of hydrogen-bond donors (Lipinski definition) is 4. The topological polar surface area (TPSA) is 107 Å². The van der Waals surface area contributed by atoms with Gasteiger partial charge in [-0.2, -0.15) is 0 Å². The van der Waals surface area contributed by atoms with Crippen LogP contribution in [-0.2, 0) is 9.53 Å². The maximum absolute atomic E-state index is 10.5. The first-order valence-corrected chi connectivity index (χ1v) is 3.20. The molecule has 1 aliphatic heterocycles. The van der Waals surface area contributed by atoms with Crippen molar-refractivity contribution in [1.82, 2.24) is 0 Å². The zero-order valence-corrected chi connectivity index (χ0v) is 10.1. The normalized spacial score (nSPS) is 23.8. The molecular weight excluding hydrogens is 207 g/mol. The molecule has 0 bridgehead atoms. The number of rotatable bonds is 2. The van der Waals surface area contributed by atoms with Gasteiger partial charge in [-0.1, -0.05) is 0 Å². The molecule has 0 aromatic carbocycles. The quantitative estimate of drug-likeness (QED) is 0.274. The van der Waals surface area contributed by atoms with E-state index in [4.69, 9.17) is 20.4 Å². The molecule has 0 spiro atoms. The number of cyclic esters (lactones) is 1. The summed E-state index contributed by atoms with van der Waals surface area (Å²) in [5, 5.41) is 35.0. The number of hydrogen-bond acceptors (Lipinski definition) is 6. The second kappa shape index (κ2) is 5.30. The molecule has 6 nitrogen and oxygen atoms in total. The Morgan fingerprint density at radius 1 is 1.46 bits per heavy atom. The molecule has 68 valence electrons. The number of esters is 1. The zero-order chi connectivity index (χ0) is 9.30. The van der Waals surface area contributed by atoms with Crippen molar-refractivity contribution in [2.24, 2.45) is 0 Å². The SMILES string of the molecule is O=C1O[C@H]([C@@H](O)CO)C(O)=C1O.[K+]. The number of aliphatic hydroxyl groups excluding tert-OH is 4. The zero-order valence-electron chi connectivity index (χ0n) is 6.97. The summed E-state index contributed by atoms with van der Waals surface area (Å²) in [6.45, 7) is -0.671. The van der Waals surface area contributed by atoms with Crippen LogP contribution in [0.1, 0.15) is 0 Å². The average molecular weight is 215 g/mol. The van der Waals surface area contributed by atoms with Crippen LogP contribution in [0.5, 0.6) is 0 Å². The fourth-order valence-corrected chi connectivity index (χ4v) is 0.823. The van der Waals surface area contributed by atoms with E-state index in [1.165, 1.54) is 0 Å². The molecule has 0 aromatic rings. The van der Waals surface area contributed by atoms with Gasteiger partial charge in [0.1, 0.15) is 6.10 Å². The molecule has 0 aromatic heterocycles. The third kappa shape index (κ3) is 2.66. The first kappa shape index (κ1) is 13.4. The number of carbonyl (C=O) groups excluding carboxylic acids is 1. The van der Waals surface area contributed by atoms with E-state index in [2.05, 4.69) is 4.74 Å². The van der Waals surface area contributed by atoms with Crippen LogP contribution < -0.4 is 51.4 Å². The van der Waals surface area contributed by atoms with Crippen LogP contribution in [0.2, 0.25) is 0 Å². The summed E-state index contributed by atoms with van der Waals surface area (Å²) >= 11 is 0. The van der Waals surface area contributed by atoms with Crippen molar-refractivity contribution < 1.29 is 81.3 Å². The van der Waals surface area contributed by atoms with E-state index in [-0.39, 0.29) is 51.4 Å². The third-order valence-corrected chi connectivity index (χ3v) is 1.48. The minimum Gasteiger partial charge on any atom is -0.505 e. The molecule has 0 saturated carbocycles. The van der Waals surface area contributed by atoms with Crippen LogP contribution in [0.15, 0.2) is 11.5 Å². The van der Waals surface area contributed by atoms with Crippen molar-refractivity contribution in [3.05, 3.63) is 11.5 Å². The van der Waals surface area contributed by atoms with Crippen molar-refractivity contribution in [3.63, 3.8) is 0 Å². The Labute approximate surface area is 116 Å². The first-order valence-electron chi connectivity index (χ1n) is 3.20. The molecule has 0 amide bonds. The van der Waals surface area contributed by atoms with Gasteiger partial charge in [0.25, 0.3) is 0 Å². The van der Waals surface area contributed by atoms with Crippen molar-refractivity contribution in [2.75, 3.05) is 6.61 Å². The predicted octanol–water partition coefficient (Wildman–Crippen LogP) is -4.40. The summed E-state index contributed by atoms with van der Waals surface area (Å²) < 4.78 is 4.32. The van der Waals surface area contributed by atoms with E-state index < -0.39 is 36.3 Å². The van der Waals surface area contributed by atoms with Gasteiger partial charge in [0.05, 0.1) is 6.61 Å². The fraction of sp³-hybridized carbons (Fsp3) is 0.500. The molecule has 0 saturated heterocycles. The summed E-state index contributed by atoms with van der Waals surface area (Å²) in [4.78, 5) is 10.5. The second-order valence-electron chi connectivity index (χ2n) is 2.31. The van der Waals surface area contributed by atoms with Gasteiger partial charge in [0, 0.05) is 0 Å². The van der Waals surface area contributed by atoms with Gasteiger partial charge in [0.2, 0.25) is 5.76 Å². The molecule has 1 heterocycles. The van der Waals surface area contributed by atoms with Gasteiger partial charge >= 0.3 is 57.4 Å².